The molecule has 1 N–H and O–H groups in total. The van der Waals surface area contributed by atoms with Crippen LogP contribution >= 0.6 is 11.6 Å². The van der Waals surface area contributed by atoms with E-state index in [1.54, 1.807) is 17.0 Å². The van der Waals surface area contributed by atoms with Crippen LogP contribution in [0.5, 0.6) is 0 Å². The van der Waals surface area contributed by atoms with Gasteiger partial charge in [-0.05, 0) is 32.9 Å². The van der Waals surface area contributed by atoms with Crippen LogP contribution < -0.4 is 10.2 Å². The third-order valence-electron chi connectivity index (χ3n) is 1.99. The fraction of sp³-hybridized carbons (Fsp3) is 0.500. The maximum absolute atomic E-state index is 12.0. The molecule has 0 aromatic carbocycles. The third kappa shape index (κ3) is 4.23. The van der Waals surface area contributed by atoms with Crippen LogP contribution in [0.4, 0.5) is 5.82 Å². The van der Waals surface area contributed by atoms with Gasteiger partial charge in [-0.25, -0.2) is 4.98 Å². The second-order valence-electron chi connectivity index (χ2n) is 5.14. The largest absolute Gasteiger partial charge is 0.363 e. The van der Waals surface area contributed by atoms with Crippen LogP contribution in [0, 0.1) is 0 Å². The van der Waals surface area contributed by atoms with E-state index >= 15 is 0 Å². The summed E-state index contributed by atoms with van der Waals surface area (Å²) in [5, 5.41) is 3.20. The summed E-state index contributed by atoms with van der Waals surface area (Å²) in [5.41, 5.74) is 0.245. The molecule has 0 fully saturated rings. The zero-order valence-corrected chi connectivity index (χ0v) is 11.6. The Labute approximate surface area is 107 Å². The van der Waals surface area contributed by atoms with E-state index in [-0.39, 0.29) is 11.4 Å². The first kappa shape index (κ1) is 13.8. The predicted octanol–water partition coefficient (Wildman–Crippen LogP) is 2.33. The average molecular weight is 256 g/mol. The number of amides is 1. The Balaban J connectivity index is 3.02. The molecule has 0 saturated carbocycles. The van der Waals surface area contributed by atoms with Crippen LogP contribution in [-0.2, 0) is 0 Å². The number of nitrogens with zero attached hydrogens (tertiary/aromatic N) is 2. The topological polar surface area (TPSA) is 45.2 Å². The molecule has 5 heteroatoms. The fourth-order valence-corrected chi connectivity index (χ4v) is 1.46. The van der Waals surface area contributed by atoms with Gasteiger partial charge in [0.05, 0.1) is 0 Å². The normalized spacial score (nSPS) is 11.2. The van der Waals surface area contributed by atoms with Crippen LogP contribution in [0.2, 0.25) is 5.15 Å². The van der Waals surface area contributed by atoms with Gasteiger partial charge >= 0.3 is 0 Å². The van der Waals surface area contributed by atoms with Gasteiger partial charge in [-0.15, -0.1) is 0 Å². The number of pyridine rings is 1. The Kier molecular flexibility index (Phi) is 3.98. The van der Waals surface area contributed by atoms with Gasteiger partial charge in [0.15, 0.2) is 0 Å². The molecule has 0 radical (unpaired) electrons. The lowest BCUT2D eigenvalue weighted by atomic mass is 10.1. The quantitative estimate of drug-likeness (QED) is 0.825. The van der Waals surface area contributed by atoms with Crippen molar-refractivity contribution in [2.24, 2.45) is 0 Å². The lowest BCUT2D eigenvalue weighted by Gasteiger charge is -2.21. The zero-order valence-electron chi connectivity index (χ0n) is 10.8. The predicted molar refractivity (Wildman–Crippen MR) is 70.8 cm³/mol. The lowest BCUT2D eigenvalue weighted by molar-refractivity contribution is 0.0919. The molecule has 0 aliphatic carbocycles. The van der Waals surface area contributed by atoms with Crippen molar-refractivity contribution in [1.82, 2.24) is 10.3 Å². The summed E-state index contributed by atoms with van der Waals surface area (Å²) < 4.78 is 0. The third-order valence-corrected chi connectivity index (χ3v) is 2.18. The Morgan fingerprint density at radius 1 is 1.35 bits per heavy atom. The molecule has 1 aromatic heterocycles. The van der Waals surface area contributed by atoms with Gasteiger partial charge in [0.25, 0.3) is 5.91 Å². The molecule has 94 valence electrons. The van der Waals surface area contributed by atoms with Crippen LogP contribution in [0.25, 0.3) is 0 Å². The molecule has 0 spiro atoms. The summed E-state index contributed by atoms with van der Waals surface area (Å²) in [5.74, 6) is 0.515. The molecule has 1 amide bonds. The first-order chi connectivity index (χ1) is 7.69. The van der Waals surface area contributed by atoms with E-state index in [1.165, 1.54) is 0 Å². The number of halogens is 1. The van der Waals surface area contributed by atoms with Crippen molar-refractivity contribution in [1.29, 1.82) is 0 Å². The van der Waals surface area contributed by atoms with Gasteiger partial charge in [-0.3, -0.25) is 4.79 Å². The van der Waals surface area contributed by atoms with Crippen LogP contribution in [0.1, 0.15) is 31.1 Å². The zero-order chi connectivity index (χ0) is 13.2. The minimum atomic E-state index is -0.273. The Hall–Kier alpha value is -1.29. The van der Waals surface area contributed by atoms with Crippen molar-refractivity contribution in [3.05, 3.63) is 22.8 Å². The molecule has 0 bridgehead atoms. The van der Waals surface area contributed by atoms with E-state index in [9.17, 15) is 4.79 Å². The number of anilines is 1. The molecular formula is C12H18ClN3O. The maximum Gasteiger partial charge on any atom is 0.251 e. The summed E-state index contributed by atoms with van der Waals surface area (Å²) in [6, 6.07) is 3.28. The summed E-state index contributed by atoms with van der Waals surface area (Å²) in [6.45, 7) is 5.79. The minimum absolute atomic E-state index is 0.148. The SMILES string of the molecule is CN(C)c1cc(C(=O)NC(C)(C)C)cc(Cl)n1. The molecule has 0 aliphatic heterocycles. The van der Waals surface area contributed by atoms with Crippen molar-refractivity contribution in [2.75, 3.05) is 19.0 Å². The molecule has 17 heavy (non-hydrogen) atoms. The number of nitrogens with one attached hydrogen (secondary N) is 1. The number of hydrogen-bond donors (Lipinski definition) is 1. The molecule has 4 nitrogen and oxygen atoms in total. The maximum atomic E-state index is 12.0. The monoisotopic (exact) mass is 255 g/mol. The Morgan fingerprint density at radius 2 is 1.94 bits per heavy atom. The van der Waals surface area contributed by atoms with Crippen LogP contribution in [-0.4, -0.2) is 30.5 Å². The van der Waals surface area contributed by atoms with Gasteiger partial charge in [0.1, 0.15) is 11.0 Å². The lowest BCUT2D eigenvalue weighted by Crippen LogP contribution is -2.40. The summed E-state index contributed by atoms with van der Waals surface area (Å²) in [6.07, 6.45) is 0. The minimum Gasteiger partial charge on any atom is -0.363 e. The summed E-state index contributed by atoms with van der Waals surface area (Å²) in [7, 11) is 3.70. The molecule has 1 aromatic rings. The number of carbonyl (C=O) groups is 1. The van der Waals surface area contributed by atoms with Crippen molar-refractivity contribution >= 4 is 23.3 Å². The molecule has 0 aliphatic rings. The number of aromatic nitrogens is 1. The molecule has 0 atom stereocenters. The van der Waals surface area contributed by atoms with E-state index in [0.717, 1.165) is 0 Å². The van der Waals surface area contributed by atoms with E-state index in [2.05, 4.69) is 10.3 Å². The van der Waals surface area contributed by atoms with E-state index < -0.39 is 0 Å². The Morgan fingerprint density at radius 3 is 2.41 bits per heavy atom. The highest BCUT2D eigenvalue weighted by Crippen LogP contribution is 2.17. The van der Waals surface area contributed by atoms with Crippen molar-refractivity contribution in [3.63, 3.8) is 0 Å². The highest BCUT2D eigenvalue weighted by atomic mass is 35.5. The molecular weight excluding hydrogens is 238 g/mol. The highest BCUT2D eigenvalue weighted by Gasteiger charge is 2.16. The number of rotatable bonds is 2. The van der Waals surface area contributed by atoms with Crippen molar-refractivity contribution in [3.8, 4) is 0 Å². The van der Waals surface area contributed by atoms with Crippen LogP contribution in [0.3, 0.4) is 0 Å². The fourth-order valence-electron chi connectivity index (χ4n) is 1.26. The average Bonchev–Trinajstić information content (AvgIpc) is 2.13. The number of hydrogen-bond acceptors (Lipinski definition) is 3. The first-order valence-electron chi connectivity index (χ1n) is 5.36. The van der Waals surface area contributed by atoms with Gasteiger partial charge in [-0.1, -0.05) is 11.6 Å². The van der Waals surface area contributed by atoms with Crippen LogP contribution in [0.15, 0.2) is 12.1 Å². The summed E-state index contributed by atoms with van der Waals surface area (Å²) in [4.78, 5) is 17.9. The molecule has 1 rings (SSSR count). The van der Waals surface area contributed by atoms with Gasteiger partial charge in [0.2, 0.25) is 0 Å². The van der Waals surface area contributed by atoms with E-state index in [1.807, 2.05) is 34.9 Å². The van der Waals surface area contributed by atoms with Crippen molar-refractivity contribution < 1.29 is 4.79 Å². The molecule has 0 unspecified atom stereocenters. The van der Waals surface area contributed by atoms with E-state index in [0.29, 0.717) is 16.5 Å². The Bertz CT molecular complexity index is 424. The number of carbonyl (C=O) groups excluding carboxylic acids is 1. The van der Waals surface area contributed by atoms with E-state index in [4.69, 9.17) is 11.6 Å². The molecule has 1 heterocycles. The first-order valence-corrected chi connectivity index (χ1v) is 5.74. The van der Waals surface area contributed by atoms with Gasteiger partial charge in [-0.2, -0.15) is 0 Å². The highest BCUT2D eigenvalue weighted by molar-refractivity contribution is 6.29. The van der Waals surface area contributed by atoms with Gasteiger partial charge < -0.3 is 10.2 Å². The smallest absolute Gasteiger partial charge is 0.251 e. The van der Waals surface area contributed by atoms with Gasteiger partial charge in [0, 0.05) is 25.2 Å². The standard InChI is InChI=1S/C12H18ClN3O/c1-12(2,3)15-11(17)8-6-9(13)14-10(7-8)16(4)5/h6-7H,1-5H3,(H,15,17). The second kappa shape index (κ2) is 4.92. The molecule has 0 saturated heterocycles. The van der Waals surface area contributed by atoms with Crippen molar-refractivity contribution in [2.45, 2.75) is 26.3 Å². The summed E-state index contributed by atoms with van der Waals surface area (Å²) >= 11 is 5.89. The second-order valence-corrected chi connectivity index (χ2v) is 5.52.